The second kappa shape index (κ2) is 4.39. The quantitative estimate of drug-likeness (QED) is 0.872. The molecule has 0 saturated heterocycles. The lowest BCUT2D eigenvalue weighted by Gasteiger charge is -2.42. The summed E-state index contributed by atoms with van der Waals surface area (Å²) in [7, 11) is 0. The van der Waals surface area contributed by atoms with Crippen LogP contribution in [0.3, 0.4) is 0 Å². The summed E-state index contributed by atoms with van der Waals surface area (Å²) in [5.74, 6) is 1.29. The van der Waals surface area contributed by atoms with Gasteiger partial charge < -0.3 is 5.11 Å². The van der Waals surface area contributed by atoms with E-state index in [0.717, 1.165) is 21.2 Å². The maximum absolute atomic E-state index is 11.3. The lowest BCUT2D eigenvalue weighted by molar-refractivity contribution is 0.0697. The Morgan fingerprint density at radius 1 is 1.35 bits per heavy atom. The number of aromatic carboxylic acids is 1. The molecule has 0 aliphatic heterocycles. The summed E-state index contributed by atoms with van der Waals surface area (Å²) in [6.45, 7) is 0. The zero-order valence-corrected chi connectivity index (χ0v) is 11.9. The van der Waals surface area contributed by atoms with E-state index in [1.807, 2.05) is 6.07 Å². The lowest BCUT2D eigenvalue weighted by Crippen LogP contribution is -2.30. The maximum Gasteiger partial charge on any atom is 0.346 e. The predicted octanol–water partition coefficient (Wildman–Crippen LogP) is 4.50. The van der Waals surface area contributed by atoms with Crippen LogP contribution in [0.25, 0.3) is 0 Å². The van der Waals surface area contributed by atoms with Crippen LogP contribution in [0.4, 0.5) is 0 Å². The van der Waals surface area contributed by atoms with Crippen LogP contribution in [0.5, 0.6) is 0 Å². The molecule has 3 aliphatic carbocycles. The van der Waals surface area contributed by atoms with Crippen LogP contribution in [0.1, 0.15) is 53.3 Å². The topological polar surface area (TPSA) is 37.3 Å². The van der Waals surface area contributed by atoms with E-state index >= 15 is 0 Å². The summed E-state index contributed by atoms with van der Waals surface area (Å²) < 4.78 is 0.950. The Morgan fingerprint density at radius 3 is 2.59 bits per heavy atom. The molecule has 3 aliphatic rings. The molecule has 3 fully saturated rings. The van der Waals surface area contributed by atoms with E-state index in [0.29, 0.717) is 10.8 Å². The molecule has 1 aromatic heterocycles. The summed E-state index contributed by atoms with van der Waals surface area (Å²) in [5, 5.41) is 9.27. The lowest BCUT2D eigenvalue weighted by atomic mass is 9.63. The Hall–Kier alpha value is -0.350. The molecule has 0 spiro atoms. The van der Waals surface area contributed by atoms with Gasteiger partial charge in [-0.1, -0.05) is 12.8 Å². The highest BCUT2D eigenvalue weighted by molar-refractivity contribution is 9.11. The Labute approximate surface area is 113 Å². The number of hydrogen-bond acceptors (Lipinski definition) is 2. The van der Waals surface area contributed by atoms with Gasteiger partial charge in [-0.15, -0.1) is 11.3 Å². The van der Waals surface area contributed by atoms with E-state index in [1.165, 1.54) is 43.4 Å². The van der Waals surface area contributed by atoms with Gasteiger partial charge in [-0.25, -0.2) is 4.79 Å². The van der Waals surface area contributed by atoms with Crippen LogP contribution >= 0.6 is 27.3 Å². The van der Waals surface area contributed by atoms with Gasteiger partial charge in [0.15, 0.2) is 0 Å². The van der Waals surface area contributed by atoms with E-state index in [1.54, 1.807) is 0 Å². The van der Waals surface area contributed by atoms with E-state index < -0.39 is 5.97 Å². The third kappa shape index (κ3) is 2.06. The third-order valence-corrected chi connectivity index (χ3v) is 6.01. The molecule has 3 saturated carbocycles. The van der Waals surface area contributed by atoms with Crippen molar-refractivity contribution in [2.75, 3.05) is 0 Å². The molecule has 1 aromatic rings. The van der Waals surface area contributed by atoms with Gasteiger partial charge in [-0.05, 0) is 64.6 Å². The molecule has 2 nitrogen and oxygen atoms in total. The number of carbonyl (C=O) groups is 1. The Kier molecular flexibility index (Phi) is 3.03. The van der Waals surface area contributed by atoms with Crippen molar-refractivity contribution in [3.05, 3.63) is 20.3 Å². The number of carboxylic acid groups (broad SMARTS) is 1. The Balaban J connectivity index is 1.96. The first-order valence-electron chi connectivity index (χ1n) is 6.17. The molecule has 1 atom stereocenters. The molecule has 0 amide bonds. The summed E-state index contributed by atoms with van der Waals surface area (Å²) in [6, 6.07) is 2.04. The molecule has 17 heavy (non-hydrogen) atoms. The SMILES string of the molecule is O=C(O)c1sc(Br)cc1C1CC2CCC1CC2. The van der Waals surface area contributed by atoms with E-state index in [2.05, 4.69) is 15.9 Å². The summed E-state index contributed by atoms with van der Waals surface area (Å²) >= 11 is 4.79. The number of thiophene rings is 1. The fourth-order valence-electron chi connectivity index (χ4n) is 3.58. The number of rotatable bonds is 2. The highest BCUT2D eigenvalue weighted by Gasteiger charge is 2.38. The van der Waals surface area contributed by atoms with Crippen LogP contribution in [0.2, 0.25) is 0 Å². The maximum atomic E-state index is 11.3. The van der Waals surface area contributed by atoms with Gasteiger partial charge in [0.1, 0.15) is 4.88 Å². The van der Waals surface area contributed by atoms with Crippen LogP contribution < -0.4 is 0 Å². The van der Waals surface area contributed by atoms with Crippen molar-refractivity contribution in [3.63, 3.8) is 0 Å². The Morgan fingerprint density at radius 2 is 2.06 bits per heavy atom. The van der Waals surface area contributed by atoms with E-state index in [4.69, 9.17) is 0 Å². The van der Waals surface area contributed by atoms with E-state index in [9.17, 15) is 9.90 Å². The molecule has 1 N–H and O–H groups in total. The Bertz CT molecular complexity index is 446. The van der Waals surface area contributed by atoms with Crippen molar-refractivity contribution in [1.29, 1.82) is 0 Å². The van der Waals surface area contributed by atoms with Crippen molar-refractivity contribution in [3.8, 4) is 0 Å². The number of fused-ring (bicyclic) bond motifs is 3. The first-order chi connectivity index (χ1) is 8.15. The van der Waals surface area contributed by atoms with Gasteiger partial charge in [0.05, 0.1) is 3.79 Å². The minimum Gasteiger partial charge on any atom is -0.477 e. The highest BCUT2D eigenvalue weighted by Crippen LogP contribution is 2.51. The number of carboxylic acids is 1. The molecular formula is C13H15BrO2S. The average molecular weight is 315 g/mol. The van der Waals surface area contributed by atoms with Gasteiger partial charge >= 0.3 is 5.97 Å². The van der Waals surface area contributed by atoms with Crippen LogP contribution in [-0.2, 0) is 0 Å². The molecule has 4 rings (SSSR count). The number of halogens is 1. The van der Waals surface area contributed by atoms with E-state index in [-0.39, 0.29) is 0 Å². The molecule has 1 unspecified atom stereocenters. The first-order valence-corrected chi connectivity index (χ1v) is 7.78. The summed E-state index contributed by atoms with van der Waals surface area (Å²) in [5.41, 5.74) is 1.09. The van der Waals surface area contributed by atoms with Crippen molar-refractivity contribution >= 4 is 33.2 Å². The van der Waals surface area contributed by atoms with Crippen LogP contribution in [-0.4, -0.2) is 11.1 Å². The molecule has 1 heterocycles. The molecular weight excluding hydrogens is 300 g/mol. The van der Waals surface area contributed by atoms with Crippen molar-refractivity contribution in [2.45, 2.75) is 38.0 Å². The molecule has 0 radical (unpaired) electrons. The third-order valence-electron chi connectivity index (χ3n) is 4.37. The molecule has 2 bridgehead atoms. The van der Waals surface area contributed by atoms with Gasteiger partial charge in [0, 0.05) is 0 Å². The van der Waals surface area contributed by atoms with Crippen molar-refractivity contribution < 1.29 is 9.90 Å². The van der Waals surface area contributed by atoms with Crippen LogP contribution in [0, 0.1) is 11.8 Å². The molecule has 4 heteroatoms. The monoisotopic (exact) mass is 314 g/mol. The zero-order valence-electron chi connectivity index (χ0n) is 9.49. The largest absolute Gasteiger partial charge is 0.477 e. The average Bonchev–Trinajstić information content (AvgIpc) is 2.73. The fraction of sp³-hybridized carbons (Fsp3) is 0.615. The minimum atomic E-state index is -0.767. The predicted molar refractivity (Wildman–Crippen MR) is 71.8 cm³/mol. The summed E-state index contributed by atoms with van der Waals surface area (Å²) in [6.07, 6.45) is 6.50. The first kappa shape index (κ1) is 11.7. The fourth-order valence-corrected chi connectivity index (χ4v) is 5.10. The molecule has 0 aromatic carbocycles. The van der Waals surface area contributed by atoms with Crippen molar-refractivity contribution in [1.82, 2.24) is 0 Å². The number of hydrogen-bond donors (Lipinski definition) is 1. The highest BCUT2D eigenvalue weighted by atomic mass is 79.9. The smallest absolute Gasteiger partial charge is 0.346 e. The summed E-state index contributed by atoms with van der Waals surface area (Å²) in [4.78, 5) is 11.8. The van der Waals surface area contributed by atoms with Crippen molar-refractivity contribution in [2.24, 2.45) is 11.8 Å². The zero-order chi connectivity index (χ0) is 12.0. The van der Waals surface area contributed by atoms with Crippen LogP contribution in [0.15, 0.2) is 9.85 Å². The molecule has 92 valence electrons. The normalized spacial score (nSPS) is 31.7. The second-order valence-corrected chi connectivity index (χ2v) is 7.69. The standard InChI is InChI=1S/C13H15BrO2S/c14-11-6-10(12(17-11)13(15)16)9-5-7-1-3-8(9)4-2-7/h6-9H,1-5H2,(H,15,16). The minimum absolute atomic E-state index is 0.496. The van der Waals surface area contributed by atoms with Gasteiger partial charge in [0.25, 0.3) is 0 Å². The van der Waals surface area contributed by atoms with Gasteiger partial charge in [-0.2, -0.15) is 0 Å². The van der Waals surface area contributed by atoms with Gasteiger partial charge in [-0.3, -0.25) is 0 Å². The van der Waals surface area contributed by atoms with Gasteiger partial charge in [0.2, 0.25) is 0 Å². The second-order valence-electron chi connectivity index (χ2n) is 5.26.